The quantitative estimate of drug-likeness (QED) is 0.214. The average Bonchev–Trinajstić information content (AvgIpc) is 2.57. The smallest absolute Gasteiger partial charge is 0.394 e. The summed E-state index contributed by atoms with van der Waals surface area (Å²) < 4.78 is 115. The summed E-state index contributed by atoms with van der Waals surface area (Å²) in [5, 5.41) is 55.8. The summed E-state index contributed by atoms with van der Waals surface area (Å²) in [6.07, 6.45) is -20.0. The van der Waals surface area contributed by atoms with E-state index in [-0.39, 0.29) is 0 Å². The van der Waals surface area contributed by atoms with Gasteiger partial charge in [-0.05, 0) is 7.05 Å². The van der Waals surface area contributed by atoms with Gasteiger partial charge in [0.25, 0.3) is 0 Å². The van der Waals surface area contributed by atoms with Gasteiger partial charge in [-0.15, -0.1) is 0 Å². The molecule has 0 aromatic carbocycles. The van der Waals surface area contributed by atoms with Crippen LogP contribution in [-0.2, 0) is 0 Å². The first kappa shape index (κ1) is 29.1. The summed E-state index contributed by atoms with van der Waals surface area (Å²) in [5.74, 6) is -19.9. The molecule has 0 aromatic heterocycles. The Balaban J connectivity index is 5.05. The maximum atomic E-state index is 13.5. The largest absolute Gasteiger partial charge is 0.460 e. The molecule has 0 bridgehead atoms. The molecule has 0 aliphatic heterocycles. The van der Waals surface area contributed by atoms with Gasteiger partial charge in [-0.1, -0.05) is 0 Å². The zero-order valence-corrected chi connectivity index (χ0v) is 15.2. The van der Waals surface area contributed by atoms with E-state index in [1.165, 1.54) is 0 Å². The third kappa shape index (κ3) is 6.54. The summed E-state index contributed by atoms with van der Waals surface area (Å²) in [5.41, 5.74) is 0. The molecule has 30 heavy (non-hydrogen) atoms. The van der Waals surface area contributed by atoms with Crippen LogP contribution in [0.25, 0.3) is 0 Å². The molecular formula is C14H22F9NO6. The zero-order chi connectivity index (χ0) is 24.3. The number of halogens is 9. The molecule has 0 aliphatic carbocycles. The van der Waals surface area contributed by atoms with Crippen molar-refractivity contribution in [3.63, 3.8) is 0 Å². The first-order valence-electron chi connectivity index (χ1n) is 8.12. The number of rotatable bonds is 12. The van der Waals surface area contributed by atoms with E-state index in [2.05, 4.69) is 0 Å². The molecule has 0 radical (unpaired) electrons. The monoisotopic (exact) mass is 471 g/mol. The van der Waals surface area contributed by atoms with Gasteiger partial charge in [0.1, 0.15) is 18.3 Å². The molecule has 0 saturated heterocycles. The Bertz CT molecular complexity index is 537. The minimum atomic E-state index is -7.08. The predicted octanol–water partition coefficient (Wildman–Crippen LogP) is -0.427. The standard InChI is InChI=1S/C14H22F9NO6/c1-24(4-7(27)9(29)10(30)8(28)5-25)3-6(26)2-11(15,16)12(17,18)13(19,20)14(21,22)23/h6-10,25-30H,2-5H2,1H3/t6?,7-,8+,9+,10+/m0/s1. The molecule has 0 heterocycles. The van der Waals surface area contributed by atoms with Gasteiger partial charge in [0, 0.05) is 19.5 Å². The second-order valence-electron chi connectivity index (χ2n) is 6.73. The van der Waals surface area contributed by atoms with Crippen LogP contribution in [0.3, 0.4) is 0 Å². The highest BCUT2D eigenvalue weighted by molar-refractivity contribution is 5.01. The molecule has 0 aliphatic rings. The highest BCUT2D eigenvalue weighted by atomic mass is 19.4. The summed E-state index contributed by atoms with van der Waals surface area (Å²) in [6.45, 7) is -2.81. The van der Waals surface area contributed by atoms with Gasteiger partial charge in [-0.3, -0.25) is 0 Å². The number of alkyl halides is 9. The summed E-state index contributed by atoms with van der Waals surface area (Å²) in [4.78, 5) is 0.701. The molecule has 0 aromatic rings. The number of aliphatic hydroxyl groups is 6. The second-order valence-corrected chi connectivity index (χ2v) is 6.73. The van der Waals surface area contributed by atoms with Crippen molar-refractivity contribution < 1.29 is 70.2 Å². The molecule has 0 fully saturated rings. The van der Waals surface area contributed by atoms with E-state index in [1.54, 1.807) is 0 Å². The Morgan fingerprint density at radius 3 is 1.53 bits per heavy atom. The molecule has 0 saturated carbocycles. The normalized spacial score (nSPS) is 19.5. The van der Waals surface area contributed by atoms with E-state index in [1.807, 2.05) is 0 Å². The Labute approximate surface area is 163 Å². The van der Waals surface area contributed by atoms with Gasteiger partial charge in [0.05, 0.1) is 18.8 Å². The Kier molecular flexibility index (Phi) is 9.83. The van der Waals surface area contributed by atoms with Crippen LogP contribution in [0.15, 0.2) is 0 Å². The van der Waals surface area contributed by atoms with Crippen LogP contribution < -0.4 is 0 Å². The van der Waals surface area contributed by atoms with Gasteiger partial charge in [-0.25, -0.2) is 0 Å². The fraction of sp³-hybridized carbons (Fsp3) is 1.00. The van der Waals surface area contributed by atoms with Gasteiger partial charge in [0.2, 0.25) is 0 Å². The lowest BCUT2D eigenvalue weighted by molar-refractivity contribution is -0.398. The zero-order valence-electron chi connectivity index (χ0n) is 15.2. The molecule has 0 amide bonds. The molecule has 7 nitrogen and oxygen atoms in total. The third-order valence-corrected chi connectivity index (χ3v) is 4.05. The van der Waals surface area contributed by atoms with Crippen LogP contribution in [-0.4, -0.2) is 117 Å². The first-order chi connectivity index (χ1) is 13.2. The van der Waals surface area contributed by atoms with Crippen LogP contribution in [0.2, 0.25) is 0 Å². The van der Waals surface area contributed by atoms with Gasteiger partial charge in [0.15, 0.2) is 0 Å². The van der Waals surface area contributed by atoms with Crippen molar-refractivity contribution in [1.29, 1.82) is 0 Å². The van der Waals surface area contributed by atoms with Gasteiger partial charge < -0.3 is 35.5 Å². The summed E-state index contributed by atoms with van der Waals surface area (Å²) in [6, 6.07) is 0. The van der Waals surface area contributed by atoms with E-state index >= 15 is 0 Å². The first-order valence-corrected chi connectivity index (χ1v) is 8.12. The van der Waals surface area contributed by atoms with Crippen LogP contribution >= 0.6 is 0 Å². The third-order valence-electron chi connectivity index (χ3n) is 4.05. The van der Waals surface area contributed by atoms with Crippen molar-refractivity contribution in [2.75, 3.05) is 26.7 Å². The lowest BCUT2D eigenvalue weighted by atomic mass is 9.98. The Morgan fingerprint density at radius 1 is 0.700 bits per heavy atom. The highest BCUT2D eigenvalue weighted by Gasteiger charge is 2.81. The molecule has 5 atom stereocenters. The highest BCUT2D eigenvalue weighted by Crippen LogP contribution is 2.54. The molecule has 0 rings (SSSR count). The van der Waals surface area contributed by atoms with Gasteiger partial charge >= 0.3 is 23.9 Å². The number of hydrogen-bond acceptors (Lipinski definition) is 7. The van der Waals surface area contributed by atoms with E-state index in [0.29, 0.717) is 4.90 Å². The number of aliphatic hydroxyl groups excluding tert-OH is 6. The molecule has 1 unspecified atom stereocenters. The lowest BCUT2D eigenvalue weighted by Crippen LogP contribution is -2.61. The fourth-order valence-electron chi connectivity index (χ4n) is 2.32. The van der Waals surface area contributed by atoms with E-state index in [4.69, 9.17) is 10.2 Å². The lowest BCUT2D eigenvalue weighted by Gasteiger charge is -2.35. The predicted molar refractivity (Wildman–Crippen MR) is 80.1 cm³/mol. The van der Waals surface area contributed by atoms with Crippen LogP contribution in [0, 0.1) is 0 Å². The second kappa shape index (κ2) is 10.1. The number of hydrogen-bond donors (Lipinski definition) is 6. The minimum absolute atomic E-state index is 0.701. The Hall–Kier alpha value is -0.910. The topological polar surface area (TPSA) is 125 Å². The van der Waals surface area contributed by atoms with Crippen molar-refractivity contribution in [2.45, 2.75) is 60.9 Å². The SMILES string of the molecule is CN(CC(O)CC(F)(F)C(F)(F)C(F)(F)C(F)(F)F)C[C@H](O)[C@@H](O)[C@H](O)[C@H](O)CO. The fourth-order valence-corrected chi connectivity index (χ4v) is 2.32. The molecule has 6 N–H and O–H groups in total. The number of likely N-dealkylation sites (N-methyl/N-ethyl adjacent to an activating group) is 1. The van der Waals surface area contributed by atoms with Crippen LogP contribution in [0.1, 0.15) is 6.42 Å². The maximum Gasteiger partial charge on any atom is 0.460 e. The maximum absolute atomic E-state index is 13.5. The van der Waals surface area contributed by atoms with Crippen molar-refractivity contribution in [3.8, 4) is 0 Å². The van der Waals surface area contributed by atoms with Crippen LogP contribution in [0.5, 0.6) is 0 Å². The molecule has 16 heteroatoms. The van der Waals surface area contributed by atoms with Crippen molar-refractivity contribution in [1.82, 2.24) is 4.90 Å². The van der Waals surface area contributed by atoms with Crippen molar-refractivity contribution >= 4 is 0 Å². The van der Waals surface area contributed by atoms with Crippen LogP contribution in [0.4, 0.5) is 39.5 Å². The number of nitrogens with zero attached hydrogens (tertiary/aromatic N) is 1. The summed E-state index contributed by atoms with van der Waals surface area (Å²) >= 11 is 0. The Morgan fingerprint density at radius 2 is 1.13 bits per heavy atom. The molecule has 182 valence electrons. The van der Waals surface area contributed by atoms with Crippen molar-refractivity contribution in [3.05, 3.63) is 0 Å². The van der Waals surface area contributed by atoms with E-state index in [0.717, 1.165) is 7.05 Å². The van der Waals surface area contributed by atoms with E-state index in [9.17, 15) is 59.9 Å². The molecule has 0 spiro atoms. The minimum Gasteiger partial charge on any atom is -0.394 e. The summed E-state index contributed by atoms with van der Waals surface area (Å²) in [7, 11) is 0.953. The molecular weight excluding hydrogens is 449 g/mol. The van der Waals surface area contributed by atoms with Crippen molar-refractivity contribution in [2.24, 2.45) is 0 Å². The average molecular weight is 471 g/mol. The van der Waals surface area contributed by atoms with E-state index < -0.39 is 80.6 Å². The van der Waals surface area contributed by atoms with Gasteiger partial charge in [-0.2, -0.15) is 39.5 Å².